The standard InChI is InChI=1S/C9H15NOS/c1-4-5-6-10-7(2)8(3)12-9(10)11/h4-6H2,1-3H3. The van der Waals surface area contributed by atoms with Crippen LogP contribution in [0.15, 0.2) is 4.79 Å². The summed E-state index contributed by atoms with van der Waals surface area (Å²) in [5.74, 6) is 0. The molecule has 0 radical (unpaired) electrons. The lowest BCUT2D eigenvalue weighted by atomic mass is 10.3. The molecule has 2 nitrogen and oxygen atoms in total. The van der Waals surface area contributed by atoms with Crippen molar-refractivity contribution in [1.29, 1.82) is 0 Å². The number of aromatic nitrogens is 1. The normalized spacial score (nSPS) is 10.6. The average molecular weight is 185 g/mol. The van der Waals surface area contributed by atoms with Crippen LogP contribution in [0.5, 0.6) is 0 Å². The SMILES string of the molecule is CCCCn1c(C)c(C)sc1=O. The molecule has 1 rings (SSSR count). The zero-order chi connectivity index (χ0) is 9.14. The predicted octanol–water partition coefficient (Wildman–Crippen LogP) is 2.33. The fraction of sp³-hybridized carbons (Fsp3) is 0.667. The number of hydrogen-bond acceptors (Lipinski definition) is 2. The largest absolute Gasteiger partial charge is 0.307 e. The van der Waals surface area contributed by atoms with Gasteiger partial charge in [0, 0.05) is 17.1 Å². The van der Waals surface area contributed by atoms with E-state index in [9.17, 15) is 4.79 Å². The van der Waals surface area contributed by atoms with Crippen LogP contribution in [-0.4, -0.2) is 4.57 Å². The monoisotopic (exact) mass is 185 g/mol. The zero-order valence-corrected chi connectivity index (χ0v) is 8.70. The van der Waals surface area contributed by atoms with Crippen LogP contribution in [-0.2, 0) is 6.54 Å². The summed E-state index contributed by atoms with van der Waals surface area (Å²) in [5.41, 5.74) is 1.14. The van der Waals surface area contributed by atoms with Gasteiger partial charge in [0.05, 0.1) is 0 Å². The minimum absolute atomic E-state index is 0.193. The van der Waals surface area contributed by atoms with Crippen molar-refractivity contribution in [3.8, 4) is 0 Å². The summed E-state index contributed by atoms with van der Waals surface area (Å²) in [7, 11) is 0. The molecule has 0 aromatic carbocycles. The fourth-order valence-corrected chi connectivity index (χ4v) is 2.02. The number of thiazole rings is 1. The molecule has 3 heteroatoms. The van der Waals surface area contributed by atoms with Crippen molar-refractivity contribution >= 4 is 11.3 Å². The molecule has 0 amide bonds. The third-order valence-electron chi connectivity index (χ3n) is 2.11. The van der Waals surface area contributed by atoms with E-state index >= 15 is 0 Å². The maximum absolute atomic E-state index is 11.3. The molecule has 1 aromatic heterocycles. The second-order valence-electron chi connectivity index (χ2n) is 3.01. The second kappa shape index (κ2) is 3.90. The highest BCUT2D eigenvalue weighted by molar-refractivity contribution is 7.09. The maximum Gasteiger partial charge on any atom is 0.307 e. The van der Waals surface area contributed by atoms with Crippen molar-refractivity contribution in [3.05, 3.63) is 20.2 Å². The van der Waals surface area contributed by atoms with Crippen molar-refractivity contribution in [1.82, 2.24) is 4.57 Å². The first-order valence-electron chi connectivity index (χ1n) is 4.33. The van der Waals surface area contributed by atoms with E-state index in [0.29, 0.717) is 0 Å². The summed E-state index contributed by atoms with van der Waals surface area (Å²) in [6.45, 7) is 7.04. The molecule has 0 saturated carbocycles. The molecule has 12 heavy (non-hydrogen) atoms. The molecule has 0 fully saturated rings. The Kier molecular flexibility index (Phi) is 3.09. The summed E-state index contributed by atoms with van der Waals surface area (Å²) in [4.78, 5) is 12.7. The van der Waals surface area contributed by atoms with Gasteiger partial charge >= 0.3 is 4.87 Å². The molecular formula is C9H15NOS. The average Bonchev–Trinajstić information content (AvgIpc) is 2.25. The van der Waals surface area contributed by atoms with Crippen LogP contribution in [0.4, 0.5) is 0 Å². The van der Waals surface area contributed by atoms with Crippen LogP contribution in [0.25, 0.3) is 0 Å². The van der Waals surface area contributed by atoms with E-state index in [4.69, 9.17) is 0 Å². The number of hydrogen-bond donors (Lipinski definition) is 0. The Morgan fingerprint density at radius 2 is 2.08 bits per heavy atom. The van der Waals surface area contributed by atoms with E-state index < -0.39 is 0 Å². The van der Waals surface area contributed by atoms with Gasteiger partial charge < -0.3 is 4.57 Å². The Morgan fingerprint density at radius 1 is 1.42 bits per heavy atom. The minimum atomic E-state index is 0.193. The summed E-state index contributed by atoms with van der Waals surface area (Å²) in [5, 5.41) is 0. The first-order chi connectivity index (χ1) is 5.66. The van der Waals surface area contributed by atoms with Gasteiger partial charge in [-0.05, 0) is 20.3 Å². The van der Waals surface area contributed by atoms with Gasteiger partial charge in [-0.15, -0.1) is 0 Å². The predicted molar refractivity (Wildman–Crippen MR) is 53.0 cm³/mol. The van der Waals surface area contributed by atoms with E-state index in [0.717, 1.165) is 30.0 Å². The van der Waals surface area contributed by atoms with Gasteiger partial charge in [0.15, 0.2) is 0 Å². The van der Waals surface area contributed by atoms with Crippen LogP contribution in [0.1, 0.15) is 30.3 Å². The smallest absolute Gasteiger partial charge is 0.303 e. The van der Waals surface area contributed by atoms with Gasteiger partial charge in [-0.25, -0.2) is 0 Å². The van der Waals surface area contributed by atoms with Gasteiger partial charge in [0.1, 0.15) is 0 Å². The Hall–Kier alpha value is -0.570. The Morgan fingerprint density at radius 3 is 2.50 bits per heavy atom. The summed E-state index contributed by atoms with van der Waals surface area (Å²) < 4.78 is 1.88. The quantitative estimate of drug-likeness (QED) is 0.708. The molecule has 68 valence electrons. The van der Waals surface area contributed by atoms with E-state index in [1.807, 2.05) is 18.4 Å². The summed E-state index contributed by atoms with van der Waals surface area (Å²) >= 11 is 1.35. The van der Waals surface area contributed by atoms with Crippen molar-refractivity contribution in [2.24, 2.45) is 0 Å². The summed E-state index contributed by atoms with van der Waals surface area (Å²) in [6.07, 6.45) is 2.23. The van der Waals surface area contributed by atoms with Gasteiger partial charge in [-0.1, -0.05) is 24.7 Å². The van der Waals surface area contributed by atoms with E-state index in [1.165, 1.54) is 11.3 Å². The highest BCUT2D eigenvalue weighted by Gasteiger charge is 2.05. The molecule has 0 unspecified atom stereocenters. The van der Waals surface area contributed by atoms with Crippen molar-refractivity contribution in [2.75, 3.05) is 0 Å². The van der Waals surface area contributed by atoms with Crippen molar-refractivity contribution < 1.29 is 0 Å². The molecule has 1 heterocycles. The number of aryl methyl sites for hydroxylation is 1. The molecule has 0 saturated heterocycles. The maximum atomic E-state index is 11.3. The van der Waals surface area contributed by atoms with Crippen molar-refractivity contribution in [3.63, 3.8) is 0 Å². The molecule has 0 aliphatic carbocycles. The second-order valence-corrected chi connectivity index (χ2v) is 4.18. The molecular weight excluding hydrogens is 170 g/mol. The number of rotatable bonds is 3. The van der Waals surface area contributed by atoms with Crippen LogP contribution in [0.2, 0.25) is 0 Å². The topological polar surface area (TPSA) is 22.0 Å². The van der Waals surface area contributed by atoms with Gasteiger partial charge in [0.2, 0.25) is 0 Å². The molecule has 0 spiro atoms. The van der Waals surface area contributed by atoms with Crippen molar-refractivity contribution in [2.45, 2.75) is 40.2 Å². The lowest BCUT2D eigenvalue weighted by molar-refractivity contribution is 0.610. The third-order valence-corrected chi connectivity index (χ3v) is 3.11. The highest BCUT2D eigenvalue weighted by Crippen LogP contribution is 2.09. The fourth-order valence-electron chi connectivity index (χ4n) is 1.16. The van der Waals surface area contributed by atoms with Crippen LogP contribution >= 0.6 is 11.3 Å². The molecule has 0 aliphatic heterocycles. The summed E-state index contributed by atoms with van der Waals surface area (Å²) in [6, 6.07) is 0. The van der Waals surface area contributed by atoms with Crippen LogP contribution in [0.3, 0.4) is 0 Å². The van der Waals surface area contributed by atoms with Crippen LogP contribution in [0, 0.1) is 13.8 Å². The lowest BCUT2D eigenvalue weighted by Gasteiger charge is -2.02. The van der Waals surface area contributed by atoms with E-state index in [-0.39, 0.29) is 4.87 Å². The lowest BCUT2D eigenvalue weighted by Crippen LogP contribution is -2.14. The molecule has 0 bridgehead atoms. The first-order valence-corrected chi connectivity index (χ1v) is 5.15. The first kappa shape index (κ1) is 9.52. The molecule has 0 aliphatic rings. The van der Waals surface area contributed by atoms with Crippen LogP contribution < -0.4 is 4.87 Å². The Bertz CT molecular complexity index is 311. The molecule has 0 atom stereocenters. The third kappa shape index (κ3) is 1.78. The van der Waals surface area contributed by atoms with Gasteiger partial charge in [0.25, 0.3) is 0 Å². The van der Waals surface area contributed by atoms with Gasteiger partial charge in [-0.3, -0.25) is 4.79 Å². The van der Waals surface area contributed by atoms with Gasteiger partial charge in [-0.2, -0.15) is 0 Å². The Labute approximate surface area is 76.9 Å². The minimum Gasteiger partial charge on any atom is -0.303 e. The number of unbranched alkanes of at least 4 members (excludes halogenated alkanes) is 1. The zero-order valence-electron chi connectivity index (χ0n) is 7.89. The molecule has 0 N–H and O–H groups in total. The van der Waals surface area contributed by atoms with E-state index in [2.05, 4.69) is 6.92 Å². The van der Waals surface area contributed by atoms with E-state index in [1.54, 1.807) is 0 Å². The Balaban J connectivity index is 2.90. The molecule has 1 aromatic rings. The highest BCUT2D eigenvalue weighted by atomic mass is 32.1. The number of nitrogens with zero attached hydrogens (tertiary/aromatic N) is 1.